The zero-order valence-electron chi connectivity index (χ0n) is 24.8. The molecule has 9 nitrogen and oxygen atoms in total. The van der Waals surface area contributed by atoms with Crippen LogP contribution in [0.2, 0.25) is 0 Å². The van der Waals surface area contributed by atoms with Gasteiger partial charge in [0.05, 0.1) is 22.8 Å². The first-order chi connectivity index (χ1) is 21.9. The average molecular weight is 688 g/mol. The molecule has 16 heteroatoms. The van der Waals surface area contributed by atoms with Gasteiger partial charge in [-0.3, -0.25) is 9.59 Å². The van der Waals surface area contributed by atoms with E-state index in [4.69, 9.17) is 9.88 Å². The van der Waals surface area contributed by atoms with E-state index in [1.807, 2.05) is 0 Å². The fraction of sp³-hybridized carbons (Fsp3) is 0.355. The van der Waals surface area contributed by atoms with E-state index in [9.17, 15) is 44.3 Å². The van der Waals surface area contributed by atoms with Crippen LogP contribution in [-0.2, 0) is 37.4 Å². The molecule has 0 saturated heterocycles. The highest BCUT2D eigenvalue weighted by Crippen LogP contribution is 2.37. The maximum absolute atomic E-state index is 13.6. The second-order valence-corrected chi connectivity index (χ2v) is 12.6. The molecule has 1 saturated carbocycles. The van der Waals surface area contributed by atoms with Crippen molar-refractivity contribution in [3.05, 3.63) is 83.9 Å². The van der Waals surface area contributed by atoms with Crippen molar-refractivity contribution >= 4 is 21.8 Å². The van der Waals surface area contributed by atoms with Crippen LogP contribution in [0, 0.1) is 11.8 Å². The topological polar surface area (TPSA) is 128 Å². The van der Waals surface area contributed by atoms with E-state index in [0.29, 0.717) is 22.3 Å². The predicted octanol–water partition coefficient (Wildman–Crippen LogP) is 5.15. The van der Waals surface area contributed by atoms with Crippen molar-refractivity contribution in [2.45, 2.75) is 49.5 Å². The summed E-state index contributed by atoms with van der Waals surface area (Å²) >= 11 is 0. The van der Waals surface area contributed by atoms with Crippen molar-refractivity contribution in [3.63, 3.8) is 0 Å². The number of nitrogens with two attached hydrogens (primary N) is 1. The highest BCUT2D eigenvalue weighted by molar-refractivity contribution is 7.89. The third kappa shape index (κ3) is 10.2. The normalized spacial score (nSPS) is 18.5. The summed E-state index contributed by atoms with van der Waals surface area (Å²) in [6.07, 6.45) is -10.8. The summed E-state index contributed by atoms with van der Waals surface area (Å²) in [6, 6.07) is 17.6. The Bertz CT molecular complexity index is 1660. The third-order valence-corrected chi connectivity index (χ3v) is 8.50. The highest BCUT2D eigenvalue weighted by Gasteiger charge is 2.45. The van der Waals surface area contributed by atoms with Crippen LogP contribution in [0.15, 0.2) is 77.7 Å². The highest BCUT2D eigenvalue weighted by atomic mass is 32.2. The standard InChI is InChI=1S/C31H31F6N3O6S/c1-40(17-20-6-10-21(11-7-20)24-4-2-3-5-27(24)47(38,43)44)29(42)26-15-23(45-18-30(32,33)34)14-25(26)28(41)39-16-19-8-12-22(13-9-19)46-31(35,36)37/h2-13,23,25-26H,14-18H2,1H3,(H,39,41)(H2,38,43,44)/t23?,25-,26?/m1/s1. The van der Waals surface area contributed by atoms with Gasteiger partial charge in [0.1, 0.15) is 12.4 Å². The van der Waals surface area contributed by atoms with Crippen LogP contribution in [0.25, 0.3) is 11.1 Å². The Morgan fingerprint density at radius 2 is 1.49 bits per heavy atom. The molecule has 0 aliphatic heterocycles. The van der Waals surface area contributed by atoms with Crippen molar-refractivity contribution in [2.75, 3.05) is 13.7 Å². The zero-order chi connectivity index (χ0) is 34.6. The fourth-order valence-corrected chi connectivity index (χ4v) is 6.17. The van der Waals surface area contributed by atoms with Crippen LogP contribution < -0.4 is 15.2 Å². The average Bonchev–Trinajstić information content (AvgIpc) is 3.42. The first kappa shape index (κ1) is 35.7. The van der Waals surface area contributed by atoms with Gasteiger partial charge in [0.25, 0.3) is 0 Å². The van der Waals surface area contributed by atoms with Gasteiger partial charge in [0, 0.05) is 25.7 Å². The number of halogens is 6. The van der Waals surface area contributed by atoms with Gasteiger partial charge in [-0.15, -0.1) is 13.2 Å². The monoisotopic (exact) mass is 687 g/mol. The molecule has 2 unspecified atom stereocenters. The number of nitrogens with one attached hydrogen (secondary N) is 1. The molecule has 3 atom stereocenters. The molecule has 4 rings (SSSR count). The number of benzene rings is 3. The van der Waals surface area contributed by atoms with E-state index in [1.54, 1.807) is 42.5 Å². The summed E-state index contributed by atoms with van der Waals surface area (Å²) in [4.78, 5) is 28.0. The van der Waals surface area contributed by atoms with Gasteiger partial charge in [0.15, 0.2) is 0 Å². The number of rotatable bonds is 11. The van der Waals surface area contributed by atoms with E-state index in [2.05, 4.69) is 10.1 Å². The largest absolute Gasteiger partial charge is 0.573 e. The summed E-state index contributed by atoms with van der Waals surface area (Å²) in [7, 11) is -2.51. The molecular weight excluding hydrogens is 656 g/mol. The lowest BCUT2D eigenvalue weighted by molar-refractivity contribution is -0.274. The van der Waals surface area contributed by atoms with Crippen LogP contribution >= 0.6 is 0 Å². The summed E-state index contributed by atoms with van der Waals surface area (Å²) < 4.78 is 109. The summed E-state index contributed by atoms with van der Waals surface area (Å²) in [5.74, 6) is -3.62. The number of primary sulfonamides is 1. The number of sulfonamides is 1. The van der Waals surface area contributed by atoms with Crippen LogP contribution in [0.3, 0.4) is 0 Å². The Balaban J connectivity index is 1.44. The lowest BCUT2D eigenvalue weighted by atomic mass is 9.93. The predicted molar refractivity (Wildman–Crippen MR) is 157 cm³/mol. The molecule has 3 aromatic carbocycles. The van der Waals surface area contributed by atoms with Crippen LogP contribution in [0.1, 0.15) is 24.0 Å². The van der Waals surface area contributed by atoms with E-state index in [1.165, 1.54) is 30.1 Å². The molecule has 0 heterocycles. The number of hydrogen-bond acceptors (Lipinski definition) is 6. The van der Waals surface area contributed by atoms with E-state index < -0.39 is 64.7 Å². The molecule has 0 radical (unpaired) electrons. The maximum atomic E-state index is 13.6. The Hall–Kier alpha value is -4.15. The van der Waals surface area contributed by atoms with Crippen molar-refractivity contribution in [3.8, 4) is 16.9 Å². The van der Waals surface area contributed by atoms with Crippen molar-refractivity contribution in [2.24, 2.45) is 17.0 Å². The number of alkyl halides is 6. The smallest absolute Gasteiger partial charge is 0.406 e. The van der Waals surface area contributed by atoms with Gasteiger partial charge >= 0.3 is 12.5 Å². The Kier molecular flexibility index (Phi) is 10.9. The molecule has 1 aliphatic carbocycles. The fourth-order valence-electron chi connectivity index (χ4n) is 5.41. The van der Waals surface area contributed by atoms with Gasteiger partial charge < -0.3 is 19.7 Å². The molecule has 1 aliphatic rings. The molecule has 2 amide bonds. The minimum absolute atomic E-state index is 0.0552. The zero-order valence-corrected chi connectivity index (χ0v) is 25.7. The van der Waals surface area contributed by atoms with E-state index in [0.717, 1.165) is 12.1 Å². The minimum Gasteiger partial charge on any atom is -0.406 e. The van der Waals surface area contributed by atoms with Crippen molar-refractivity contribution in [1.29, 1.82) is 0 Å². The molecule has 3 aromatic rings. The molecule has 0 aromatic heterocycles. The number of carbonyl (C=O) groups is 2. The second kappa shape index (κ2) is 14.3. The molecule has 254 valence electrons. The lowest BCUT2D eigenvalue weighted by Gasteiger charge is -2.25. The van der Waals surface area contributed by atoms with Crippen molar-refractivity contribution < 1.29 is 53.8 Å². The third-order valence-electron chi connectivity index (χ3n) is 7.53. The summed E-state index contributed by atoms with van der Waals surface area (Å²) in [6.45, 7) is -1.59. The van der Waals surface area contributed by atoms with E-state index in [-0.39, 0.29) is 30.8 Å². The number of carbonyl (C=O) groups excluding carboxylic acids is 2. The van der Waals surface area contributed by atoms with Gasteiger partial charge in [-0.05, 0) is 47.7 Å². The SMILES string of the molecule is CN(Cc1ccc(-c2ccccc2S(N)(=O)=O)cc1)C(=O)C1CC(OCC(F)(F)F)C[C@H]1C(=O)NCc1ccc(OC(F)(F)F)cc1. The second-order valence-electron chi connectivity index (χ2n) is 11.1. The van der Waals surface area contributed by atoms with Gasteiger partial charge in [-0.1, -0.05) is 54.6 Å². The van der Waals surface area contributed by atoms with Crippen LogP contribution in [0.5, 0.6) is 5.75 Å². The molecule has 1 fully saturated rings. The number of amides is 2. The van der Waals surface area contributed by atoms with Gasteiger partial charge in [-0.25, -0.2) is 13.6 Å². The van der Waals surface area contributed by atoms with Crippen molar-refractivity contribution in [1.82, 2.24) is 10.2 Å². The number of ether oxygens (including phenoxy) is 2. The molecule has 0 bridgehead atoms. The number of hydrogen-bond donors (Lipinski definition) is 2. The molecule has 47 heavy (non-hydrogen) atoms. The van der Waals surface area contributed by atoms with Gasteiger partial charge in [-0.2, -0.15) is 13.2 Å². The Labute approximate surface area is 266 Å². The molecule has 3 N–H and O–H groups in total. The quantitative estimate of drug-likeness (QED) is 0.269. The minimum atomic E-state index is -4.87. The lowest BCUT2D eigenvalue weighted by Crippen LogP contribution is -2.40. The Morgan fingerprint density at radius 3 is 2.09 bits per heavy atom. The molecule has 0 spiro atoms. The molecular formula is C31H31F6N3O6S. The van der Waals surface area contributed by atoms with E-state index >= 15 is 0 Å². The number of nitrogens with zero attached hydrogens (tertiary/aromatic N) is 1. The summed E-state index contributed by atoms with van der Waals surface area (Å²) in [5.41, 5.74) is 2.03. The first-order valence-electron chi connectivity index (χ1n) is 14.2. The van der Waals surface area contributed by atoms with Crippen LogP contribution in [0.4, 0.5) is 26.3 Å². The maximum Gasteiger partial charge on any atom is 0.573 e. The van der Waals surface area contributed by atoms with Gasteiger partial charge in [0.2, 0.25) is 21.8 Å². The summed E-state index contributed by atoms with van der Waals surface area (Å²) in [5, 5.41) is 7.94. The van der Waals surface area contributed by atoms with Crippen LogP contribution in [-0.4, -0.2) is 57.4 Å². The first-order valence-corrected chi connectivity index (χ1v) is 15.7. The Morgan fingerprint density at radius 1 is 0.894 bits per heavy atom.